The zero-order chi connectivity index (χ0) is 20.5. The zero-order valence-electron chi connectivity index (χ0n) is 15.7. The van der Waals surface area contributed by atoms with Crippen LogP contribution in [0.4, 0.5) is 13.2 Å². The first-order valence-corrected chi connectivity index (χ1v) is 9.44. The van der Waals surface area contributed by atoms with Gasteiger partial charge in [0.1, 0.15) is 0 Å². The van der Waals surface area contributed by atoms with Gasteiger partial charge in [0.25, 0.3) is 0 Å². The number of imide groups is 1. The molecule has 2 atom stereocenters. The third kappa shape index (κ3) is 4.20. The van der Waals surface area contributed by atoms with E-state index in [1.807, 2.05) is 0 Å². The number of likely N-dealkylation sites (tertiary alicyclic amines) is 1. The Labute approximate surface area is 161 Å². The summed E-state index contributed by atoms with van der Waals surface area (Å²) in [6.07, 6.45) is -1.03. The average Bonchev–Trinajstić information content (AvgIpc) is 2.90. The second kappa shape index (κ2) is 7.93. The number of carbonyl (C=O) groups excluding carboxylic acids is 3. The molecule has 152 valence electrons. The van der Waals surface area contributed by atoms with Crippen molar-refractivity contribution in [2.24, 2.45) is 11.8 Å². The first kappa shape index (κ1) is 20.4. The molecule has 0 aromatic heterocycles. The number of alkyl halides is 3. The van der Waals surface area contributed by atoms with Crippen LogP contribution in [0.15, 0.2) is 24.3 Å². The van der Waals surface area contributed by atoms with E-state index in [2.05, 4.69) is 0 Å². The molecule has 1 heterocycles. The molecule has 1 aliphatic heterocycles. The smallest absolute Gasteiger partial charge is 0.341 e. The second-order valence-electron chi connectivity index (χ2n) is 7.52. The van der Waals surface area contributed by atoms with Gasteiger partial charge in [-0.05, 0) is 30.5 Å². The molecule has 5 nitrogen and oxygen atoms in total. The summed E-state index contributed by atoms with van der Waals surface area (Å²) >= 11 is 0. The predicted octanol–water partition coefficient (Wildman–Crippen LogP) is 3.23. The summed E-state index contributed by atoms with van der Waals surface area (Å²) in [4.78, 5) is 39.8. The van der Waals surface area contributed by atoms with Crippen LogP contribution in [0.25, 0.3) is 0 Å². The maximum Gasteiger partial charge on any atom is 0.416 e. The lowest BCUT2D eigenvalue weighted by atomic mass is 9.81. The van der Waals surface area contributed by atoms with E-state index in [1.165, 1.54) is 21.9 Å². The summed E-state index contributed by atoms with van der Waals surface area (Å²) in [6, 6.07) is 4.64. The second-order valence-corrected chi connectivity index (χ2v) is 7.52. The lowest BCUT2D eigenvalue weighted by Crippen LogP contribution is -2.36. The van der Waals surface area contributed by atoms with E-state index >= 15 is 0 Å². The van der Waals surface area contributed by atoms with E-state index in [-0.39, 0.29) is 49.1 Å². The predicted molar refractivity (Wildman–Crippen MR) is 94.7 cm³/mol. The molecule has 8 heteroatoms. The molecule has 2 fully saturated rings. The van der Waals surface area contributed by atoms with E-state index in [1.54, 1.807) is 7.05 Å². The highest BCUT2D eigenvalue weighted by Crippen LogP contribution is 2.38. The minimum atomic E-state index is -4.40. The van der Waals surface area contributed by atoms with Gasteiger partial charge in [-0.2, -0.15) is 13.2 Å². The number of amides is 3. The number of nitrogens with zero attached hydrogens (tertiary/aromatic N) is 2. The number of benzene rings is 1. The Morgan fingerprint density at radius 3 is 2.11 bits per heavy atom. The number of hydrogen-bond donors (Lipinski definition) is 0. The molecule has 0 N–H and O–H groups in total. The van der Waals surface area contributed by atoms with Crippen LogP contribution in [-0.2, 0) is 27.1 Å². The molecular formula is C20H23F3N2O3. The molecule has 2 aliphatic rings. The van der Waals surface area contributed by atoms with Crippen molar-refractivity contribution in [1.82, 2.24) is 9.80 Å². The Kier molecular flexibility index (Phi) is 5.76. The summed E-state index contributed by atoms with van der Waals surface area (Å²) < 4.78 is 37.8. The molecule has 2 unspecified atom stereocenters. The molecule has 28 heavy (non-hydrogen) atoms. The average molecular weight is 396 g/mol. The van der Waals surface area contributed by atoms with Gasteiger partial charge in [-0.15, -0.1) is 0 Å². The van der Waals surface area contributed by atoms with Crippen molar-refractivity contribution < 1.29 is 27.6 Å². The zero-order valence-corrected chi connectivity index (χ0v) is 15.7. The molecule has 1 aromatic rings. The van der Waals surface area contributed by atoms with Crippen molar-refractivity contribution in [3.63, 3.8) is 0 Å². The highest BCUT2D eigenvalue weighted by molar-refractivity contribution is 6.05. The summed E-state index contributed by atoms with van der Waals surface area (Å²) in [5, 5.41) is 0. The number of carbonyl (C=O) groups is 3. The molecule has 1 aliphatic carbocycles. The molecule has 1 aromatic carbocycles. The van der Waals surface area contributed by atoms with E-state index in [4.69, 9.17) is 0 Å². The number of rotatable bonds is 5. The van der Waals surface area contributed by atoms with Crippen molar-refractivity contribution in [2.45, 2.75) is 44.8 Å². The number of halogens is 3. The maximum absolute atomic E-state index is 12.6. The molecular weight excluding hydrogens is 373 g/mol. The standard InChI is InChI=1S/C20H23F3N2O3/c1-24(12-13-6-8-14(9-7-13)20(21,22)23)17(26)10-11-25-18(27)15-4-2-3-5-16(15)19(25)28/h6-9,15-16H,2-5,10-12H2,1H3. The molecule has 1 saturated carbocycles. The van der Waals surface area contributed by atoms with Gasteiger partial charge < -0.3 is 4.90 Å². The molecule has 0 spiro atoms. The van der Waals surface area contributed by atoms with Crippen LogP contribution >= 0.6 is 0 Å². The van der Waals surface area contributed by atoms with Crippen molar-refractivity contribution in [1.29, 1.82) is 0 Å². The molecule has 3 amide bonds. The Bertz CT molecular complexity index is 737. The molecule has 3 rings (SSSR count). The largest absolute Gasteiger partial charge is 0.416 e. The fraction of sp³-hybridized carbons (Fsp3) is 0.550. The Hall–Kier alpha value is -2.38. The summed E-state index contributed by atoms with van der Waals surface area (Å²) in [5.74, 6) is -1.08. The lowest BCUT2D eigenvalue weighted by Gasteiger charge is -2.20. The minimum absolute atomic E-state index is 0.00799. The van der Waals surface area contributed by atoms with Crippen LogP contribution in [0.2, 0.25) is 0 Å². The minimum Gasteiger partial charge on any atom is -0.341 e. The SMILES string of the molecule is CN(Cc1ccc(C(F)(F)F)cc1)C(=O)CCN1C(=O)C2CCCCC2C1=O. The summed E-state index contributed by atoms with van der Waals surface area (Å²) in [7, 11) is 1.55. The van der Waals surface area contributed by atoms with Crippen LogP contribution in [-0.4, -0.2) is 41.1 Å². The van der Waals surface area contributed by atoms with E-state index in [9.17, 15) is 27.6 Å². The normalized spacial score (nSPS) is 22.4. The fourth-order valence-electron chi connectivity index (χ4n) is 4.01. The Morgan fingerprint density at radius 2 is 1.61 bits per heavy atom. The van der Waals surface area contributed by atoms with Crippen molar-refractivity contribution >= 4 is 17.7 Å². The van der Waals surface area contributed by atoms with Crippen LogP contribution in [0, 0.1) is 11.8 Å². The summed E-state index contributed by atoms with van der Waals surface area (Å²) in [5.41, 5.74) is -0.166. The monoisotopic (exact) mass is 396 g/mol. The number of fused-ring (bicyclic) bond motifs is 1. The quantitative estimate of drug-likeness (QED) is 0.718. The highest BCUT2D eigenvalue weighted by atomic mass is 19.4. The van der Waals surface area contributed by atoms with Crippen molar-refractivity contribution in [3.05, 3.63) is 35.4 Å². The summed E-state index contributed by atoms with van der Waals surface area (Å²) in [6.45, 7) is 0.213. The Morgan fingerprint density at radius 1 is 1.07 bits per heavy atom. The van der Waals surface area contributed by atoms with Gasteiger partial charge in [-0.25, -0.2) is 0 Å². The van der Waals surface area contributed by atoms with Gasteiger partial charge in [0.15, 0.2) is 0 Å². The van der Waals surface area contributed by atoms with Crippen LogP contribution in [0.1, 0.15) is 43.2 Å². The third-order valence-corrected chi connectivity index (χ3v) is 5.61. The maximum atomic E-state index is 12.6. The van der Waals surface area contributed by atoms with E-state index < -0.39 is 11.7 Å². The van der Waals surface area contributed by atoms with Gasteiger partial charge >= 0.3 is 6.18 Å². The van der Waals surface area contributed by atoms with Gasteiger partial charge in [0.2, 0.25) is 17.7 Å². The number of hydrogen-bond acceptors (Lipinski definition) is 3. The molecule has 1 saturated heterocycles. The first-order valence-electron chi connectivity index (χ1n) is 9.44. The topological polar surface area (TPSA) is 57.7 Å². The molecule has 0 bridgehead atoms. The highest BCUT2D eigenvalue weighted by Gasteiger charge is 2.47. The first-order chi connectivity index (χ1) is 13.2. The third-order valence-electron chi connectivity index (χ3n) is 5.61. The fourth-order valence-corrected chi connectivity index (χ4v) is 4.01. The Balaban J connectivity index is 1.53. The van der Waals surface area contributed by atoms with Gasteiger partial charge in [0.05, 0.1) is 17.4 Å². The van der Waals surface area contributed by atoms with Gasteiger partial charge in [-0.1, -0.05) is 25.0 Å². The van der Waals surface area contributed by atoms with E-state index in [0.29, 0.717) is 5.56 Å². The van der Waals surface area contributed by atoms with Crippen molar-refractivity contribution in [2.75, 3.05) is 13.6 Å². The van der Waals surface area contributed by atoms with Crippen LogP contribution in [0.5, 0.6) is 0 Å². The van der Waals surface area contributed by atoms with Crippen LogP contribution < -0.4 is 0 Å². The van der Waals surface area contributed by atoms with Crippen molar-refractivity contribution in [3.8, 4) is 0 Å². The van der Waals surface area contributed by atoms with E-state index in [0.717, 1.165) is 37.8 Å². The lowest BCUT2D eigenvalue weighted by molar-refractivity contribution is -0.141. The van der Waals surface area contributed by atoms with Gasteiger partial charge in [0, 0.05) is 26.6 Å². The molecule has 0 radical (unpaired) electrons. The van der Waals surface area contributed by atoms with Gasteiger partial charge in [-0.3, -0.25) is 19.3 Å². The van der Waals surface area contributed by atoms with Crippen LogP contribution in [0.3, 0.4) is 0 Å².